The van der Waals surface area contributed by atoms with Crippen molar-refractivity contribution in [2.45, 2.75) is 11.8 Å². The van der Waals surface area contributed by atoms with Crippen LogP contribution in [0.2, 0.25) is 5.02 Å². The molecular formula is C17H14ClNO4S. The zero-order valence-electron chi connectivity index (χ0n) is 13.0. The summed E-state index contributed by atoms with van der Waals surface area (Å²) < 4.78 is 28.9. The molecule has 3 rings (SSSR count). The molecule has 0 saturated heterocycles. The van der Waals surface area contributed by atoms with E-state index in [0.29, 0.717) is 11.1 Å². The molecule has 1 amide bonds. The Balaban J connectivity index is 1.99. The summed E-state index contributed by atoms with van der Waals surface area (Å²) >= 11 is 6.06. The summed E-state index contributed by atoms with van der Waals surface area (Å²) in [7, 11) is -3.40. The van der Waals surface area contributed by atoms with Gasteiger partial charge in [0, 0.05) is 17.2 Å². The minimum Gasteiger partial charge on any atom is -0.451 e. The summed E-state index contributed by atoms with van der Waals surface area (Å²) in [4.78, 5) is 12.6. The Labute approximate surface area is 144 Å². The van der Waals surface area contributed by atoms with Gasteiger partial charge in [-0.25, -0.2) is 8.42 Å². The second kappa shape index (κ2) is 5.96. The van der Waals surface area contributed by atoms with Gasteiger partial charge in [-0.2, -0.15) is 0 Å². The molecule has 0 atom stereocenters. The maximum Gasteiger partial charge on any atom is 0.291 e. The summed E-state index contributed by atoms with van der Waals surface area (Å²) in [5.74, 6) is -0.326. The van der Waals surface area contributed by atoms with Gasteiger partial charge in [0.05, 0.1) is 15.6 Å². The van der Waals surface area contributed by atoms with Gasteiger partial charge in [-0.05, 0) is 31.2 Å². The average Bonchev–Trinajstić information content (AvgIpc) is 2.86. The zero-order chi connectivity index (χ0) is 17.5. The van der Waals surface area contributed by atoms with Crippen molar-refractivity contribution in [3.8, 4) is 0 Å². The predicted octanol–water partition coefficient (Wildman–Crippen LogP) is 4.05. The van der Waals surface area contributed by atoms with E-state index in [2.05, 4.69) is 5.32 Å². The van der Waals surface area contributed by atoms with Gasteiger partial charge in [-0.1, -0.05) is 29.8 Å². The van der Waals surface area contributed by atoms with Crippen molar-refractivity contribution in [3.63, 3.8) is 0 Å². The number of nitrogens with one attached hydrogen (secondary N) is 1. The van der Waals surface area contributed by atoms with E-state index in [1.807, 2.05) is 18.2 Å². The van der Waals surface area contributed by atoms with Crippen LogP contribution in [0.3, 0.4) is 0 Å². The smallest absolute Gasteiger partial charge is 0.291 e. The molecule has 5 nitrogen and oxygen atoms in total. The first kappa shape index (κ1) is 16.5. The number of anilines is 1. The van der Waals surface area contributed by atoms with Gasteiger partial charge in [0.15, 0.2) is 15.6 Å². The molecule has 0 spiro atoms. The highest BCUT2D eigenvalue weighted by atomic mass is 35.5. The number of carbonyl (C=O) groups excluding carboxylic acids is 1. The van der Waals surface area contributed by atoms with Crippen molar-refractivity contribution in [1.29, 1.82) is 0 Å². The lowest BCUT2D eigenvalue weighted by Crippen LogP contribution is -2.13. The average molecular weight is 364 g/mol. The Morgan fingerprint density at radius 2 is 1.88 bits per heavy atom. The van der Waals surface area contributed by atoms with Crippen LogP contribution in [0, 0.1) is 6.92 Å². The van der Waals surface area contributed by atoms with Crippen LogP contribution < -0.4 is 5.32 Å². The maximum atomic E-state index is 12.5. The van der Waals surface area contributed by atoms with E-state index in [-0.39, 0.29) is 21.4 Å². The van der Waals surface area contributed by atoms with Crippen LogP contribution in [0.25, 0.3) is 11.0 Å². The molecule has 0 fully saturated rings. The summed E-state index contributed by atoms with van der Waals surface area (Å²) in [6.07, 6.45) is 1.09. The summed E-state index contributed by atoms with van der Waals surface area (Å²) in [5.41, 5.74) is 1.53. The van der Waals surface area contributed by atoms with Gasteiger partial charge in [-0.3, -0.25) is 4.79 Å². The number of benzene rings is 2. The number of rotatable bonds is 3. The topological polar surface area (TPSA) is 76.4 Å². The van der Waals surface area contributed by atoms with E-state index < -0.39 is 15.7 Å². The number of halogens is 1. The van der Waals surface area contributed by atoms with Crippen molar-refractivity contribution in [2.24, 2.45) is 0 Å². The molecule has 0 unspecified atom stereocenters. The lowest BCUT2D eigenvalue weighted by Gasteiger charge is -2.08. The Morgan fingerprint density at radius 1 is 1.17 bits per heavy atom. The molecule has 3 aromatic rings. The molecule has 0 saturated carbocycles. The second-order valence-electron chi connectivity index (χ2n) is 5.42. The highest BCUT2D eigenvalue weighted by molar-refractivity contribution is 7.90. The molecule has 0 aliphatic heterocycles. The maximum absolute atomic E-state index is 12.5. The van der Waals surface area contributed by atoms with Crippen LogP contribution in [0.1, 0.15) is 16.1 Å². The number of furan rings is 1. The standard InChI is InChI=1S/C17H14ClNO4S/c1-10-12-5-3-4-6-15(12)23-16(10)17(20)19-14-9-11(24(2,21)22)7-8-13(14)18/h3-9H,1-2H3,(H,19,20). The Bertz CT molecular complexity index is 1050. The van der Waals surface area contributed by atoms with Crippen molar-refractivity contribution < 1.29 is 17.6 Å². The van der Waals surface area contributed by atoms with Crippen molar-refractivity contribution in [3.05, 3.63) is 58.8 Å². The van der Waals surface area contributed by atoms with Crippen LogP contribution in [0.15, 0.2) is 51.8 Å². The number of amides is 1. The number of aryl methyl sites for hydroxylation is 1. The van der Waals surface area contributed by atoms with Gasteiger partial charge in [0.2, 0.25) is 0 Å². The van der Waals surface area contributed by atoms with Gasteiger partial charge in [0.25, 0.3) is 5.91 Å². The van der Waals surface area contributed by atoms with E-state index in [1.54, 1.807) is 13.0 Å². The van der Waals surface area contributed by atoms with Gasteiger partial charge in [0.1, 0.15) is 5.58 Å². The molecule has 0 bridgehead atoms. The predicted molar refractivity (Wildman–Crippen MR) is 93.5 cm³/mol. The van der Waals surface area contributed by atoms with Crippen LogP contribution in [0.5, 0.6) is 0 Å². The van der Waals surface area contributed by atoms with E-state index in [4.69, 9.17) is 16.0 Å². The fourth-order valence-corrected chi connectivity index (χ4v) is 3.21. The molecule has 124 valence electrons. The first-order valence-corrected chi connectivity index (χ1v) is 9.33. The Morgan fingerprint density at radius 3 is 2.54 bits per heavy atom. The molecular weight excluding hydrogens is 350 g/mol. The van der Waals surface area contributed by atoms with Crippen LogP contribution >= 0.6 is 11.6 Å². The summed E-state index contributed by atoms with van der Waals surface area (Å²) in [5, 5.41) is 3.70. The number of hydrogen-bond acceptors (Lipinski definition) is 4. The number of sulfone groups is 1. The number of para-hydroxylation sites is 1. The molecule has 0 aliphatic carbocycles. The largest absolute Gasteiger partial charge is 0.451 e. The molecule has 1 aromatic heterocycles. The van der Waals surface area contributed by atoms with Crippen LogP contribution in [-0.4, -0.2) is 20.6 Å². The minimum atomic E-state index is -3.40. The second-order valence-corrected chi connectivity index (χ2v) is 7.84. The molecule has 7 heteroatoms. The number of hydrogen-bond donors (Lipinski definition) is 1. The Hall–Kier alpha value is -2.31. The van der Waals surface area contributed by atoms with Crippen molar-refractivity contribution >= 4 is 44.0 Å². The first-order chi connectivity index (χ1) is 11.3. The van der Waals surface area contributed by atoms with Crippen LogP contribution in [0.4, 0.5) is 5.69 Å². The molecule has 1 heterocycles. The number of fused-ring (bicyclic) bond motifs is 1. The molecule has 2 aromatic carbocycles. The van der Waals surface area contributed by atoms with Gasteiger partial charge < -0.3 is 9.73 Å². The van der Waals surface area contributed by atoms with Gasteiger partial charge in [-0.15, -0.1) is 0 Å². The highest BCUT2D eigenvalue weighted by Crippen LogP contribution is 2.28. The van der Waals surface area contributed by atoms with Crippen LogP contribution in [-0.2, 0) is 9.84 Å². The third-order valence-electron chi connectivity index (χ3n) is 3.66. The Kier molecular flexibility index (Phi) is 4.11. The lowest BCUT2D eigenvalue weighted by atomic mass is 10.1. The SMILES string of the molecule is Cc1c(C(=O)Nc2cc(S(C)(=O)=O)ccc2Cl)oc2ccccc12. The van der Waals surface area contributed by atoms with E-state index in [9.17, 15) is 13.2 Å². The van der Waals surface area contributed by atoms with Crippen molar-refractivity contribution in [2.75, 3.05) is 11.6 Å². The third kappa shape index (κ3) is 3.02. The zero-order valence-corrected chi connectivity index (χ0v) is 14.5. The van der Waals surface area contributed by atoms with E-state index >= 15 is 0 Å². The molecule has 1 N–H and O–H groups in total. The first-order valence-electron chi connectivity index (χ1n) is 7.06. The monoisotopic (exact) mass is 363 g/mol. The molecule has 0 aliphatic rings. The highest BCUT2D eigenvalue weighted by Gasteiger charge is 2.19. The van der Waals surface area contributed by atoms with Gasteiger partial charge >= 0.3 is 0 Å². The van der Waals surface area contributed by atoms with E-state index in [1.165, 1.54) is 18.2 Å². The number of carbonyl (C=O) groups is 1. The third-order valence-corrected chi connectivity index (χ3v) is 5.10. The van der Waals surface area contributed by atoms with Crippen molar-refractivity contribution in [1.82, 2.24) is 0 Å². The fourth-order valence-electron chi connectivity index (χ4n) is 2.40. The molecule has 0 radical (unpaired) electrons. The summed E-state index contributed by atoms with van der Waals surface area (Å²) in [6.45, 7) is 1.79. The summed E-state index contributed by atoms with van der Waals surface area (Å²) in [6, 6.07) is 11.5. The quantitative estimate of drug-likeness (QED) is 0.761. The normalized spacial score (nSPS) is 11.6. The lowest BCUT2D eigenvalue weighted by molar-refractivity contribution is 0.0998. The minimum absolute atomic E-state index is 0.0727. The van der Waals surface area contributed by atoms with E-state index in [0.717, 1.165) is 11.6 Å². The fraction of sp³-hybridized carbons (Fsp3) is 0.118. The molecule has 24 heavy (non-hydrogen) atoms.